The number of hydrogen-bond donors (Lipinski definition) is 1. The van der Waals surface area contributed by atoms with Crippen molar-refractivity contribution in [2.75, 3.05) is 0 Å². The fraction of sp³-hybridized carbons (Fsp3) is 0.0588. The van der Waals surface area contributed by atoms with Crippen LogP contribution in [0, 0.1) is 6.92 Å². The van der Waals surface area contributed by atoms with Crippen molar-refractivity contribution < 1.29 is 19.4 Å². The van der Waals surface area contributed by atoms with Crippen LogP contribution in [0.5, 0.6) is 5.75 Å². The van der Waals surface area contributed by atoms with Crippen LogP contribution in [0.2, 0.25) is 0 Å². The minimum Gasteiger partial charge on any atom is -0.478 e. The van der Waals surface area contributed by atoms with Crippen molar-refractivity contribution >= 4 is 18.0 Å². The highest BCUT2D eigenvalue weighted by atomic mass is 16.5. The Kier molecular flexibility index (Phi) is 4.51. The Labute approximate surface area is 122 Å². The number of rotatable bonds is 4. The number of carbonyl (C=O) groups is 2. The van der Waals surface area contributed by atoms with Gasteiger partial charge in [0.2, 0.25) is 0 Å². The number of aryl methyl sites for hydroxylation is 1. The van der Waals surface area contributed by atoms with Crippen LogP contribution >= 0.6 is 0 Å². The molecule has 21 heavy (non-hydrogen) atoms. The summed E-state index contributed by atoms with van der Waals surface area (Å²) in [5.41, 5.74) is 1.63. The molecule has 0 aliphatic carbocycles. The van der Waals surface area contributed by atoms with Gasteiger partial charge < -0.3 is 9.84 Å². The number of esters is 1. The van der Waals surface area contributed by atoms with E-state index in [1.54, 1.807) is 19.1 Å². The van der Waals surface area contributed by atoms with E-state index in [2.05, 4.69) is 0 Å². The second-order valence-electron chi connectivity index (χ2n) is 4.47. The SMILES string of the molecule is Cc1ccc(C(=O)O)c(OC(=O)C=Cc2ccccc2)c1. The van der Waals surface area contributed by atoms with Crippen LogP contribution in [0.15, 0.2) is 54.6 Å². The van der Waals surface area contributed by atoms with Crippen molar-refractivity contribution in [2.24, 2.45) is 0 Å². The maximum absolute atomic E-state index is 11.8. The molecule has 2 rings (SSSR count). The highest BCUT2D eigenvalue weighted by Crippen LogP contribution is 2.20. The molecular weight excluding hydrogens is 268 g/mol. The topological polar surface area (TPSA) is 63.6 Å². The first-order valence-electron chi connectivity index (χ1n) is 6.35. The normalized spacial score (nSPS) is 10.5. The van der Waals surface area contributed by atoms with Gasteiger partial charge in [-0.25, -0.2) is 9.59 Å². The predicted molar refractivity (Wildman–Crippen MR) is 79.2 cm³/mol. The lowest BCUT2D eigenvalue weighted by Gasteiger charge is -2.06. The van der Waals surface area contributed by atoms with Gasteiger partial charge in [-0.15, -0.1) is 0 Å². The number of ether oxygens (including phenoxy) is 1. The van der Waals surface area contributed by atoms with Crippen molar-refractivity contribution in [3.8, 4) is 5.75 Å². The third kappa shape index (κ3) is 4.04. The average Bonchev–Trinajstić information content (AvgIpc) is 2.46. The van der Waals surface area contributed by atoms with Gasteiger partial charge in [-0.2, -0.15) is 0 Å². The minimum atomic E-state index is -1.13. The zero-order valence-electron chi connectivity index (χ0n) is 11.4. The number of benzene rings is 2. The van der Waals surface area contributed by atoms with Gasteiger partial charge in [0.15, 0.2) is 0 Å². The van der Waals surface area contributed by atoms with Crippen molar-refractivity contribution in [3.63, 3.8) is 0 Å². The van der Waals surface area contributed by atoms with Crippen LogP contribution < -0.4 is 4.74 Å². The van der Waals surface area contributed by atoms with Crippen LogP contribution in [0.25, 0.3) is 6.08 Å². The third-order valence-corrected chi connectivity index (χ3v) is 2.79. The van der Waals surface area contributed by atoms with Gasteiger partial charge in [-0.1, -0.05) is 36.4 Å². The molecule has 0 bridgehead atoms. The molecule has 0 unspecified atom stereocenters. The highest BCUT2D eigenvalue weighted by molar-refractivity contribution is 5.94. The number of hydrogen-bond acceptors (Lipinski definition) is 3. The lowest BCUT2D eigenvalue weighted by molar-refractivity contribution is -0.128. The second-order valence-corrected chi connectivity index (χ2v) is 4.47. The molecule has 0 spiro atoms. The molecule has 2 aromatic carbocycles. The van der Waals surface area contributed by atoms with Crippen LogP contribution in [-0.2, 0) is 4.79 Å². The molecule has 106 valence electrons. The molecule has 0 radical (unpaired) electrons. The Morgan fingerprint density at radius 3 is 2.48 bits per heavy atom. The van der Waals surface area contributed by atoms with Gasteiger partial charge in [0.05, 0.1) is 0 Å². The minimum absolute atomic E-state index is 0.0398. The van der Waals surface area contributed by atoms with Gasteiger partial charge in [-0.05, 0) is 36.3 Å². The zero-order chi connectivity index (χ0) is 15.2. The number of carboxylic acid groups (broad SMARTS) is 1. The van der Waals surface area contributed by atoms with Crippen LogP contribution in [0.4, 0.5) is 0 Å². The van der Waals surface area contributed by atoms with Crippen molar-refractivity contribution in [2.45, 2.75) is 6.92 Å². The molecule has 2 aromatic rings. The number of carbonyl (C=O) groups excluding carboxylic acids is 1. The summed E-state index contributed by atoms with van der Waals surface area (Å²) in [6.45, 7) is 1.79. The summed E-state index contributed by atoms with van der Waals surface area (Å²) in [5, 5.41) is 9.07. The van der Waals surface area contributed by atoms with Crippen molar-refractivity contribution in [1.82, 2.24) is 0 Å². The number of carboxylic acids is 1. The zero-order valence-corrected chi connectivity index (χ0v) is 11.4. The Bertz CT molecular complexity index is 687. The number of aromatic carboxylic acids is 1. The van der Waals surface area contributed by atoms with E-state index >= 15 is 0 Å². The van der Waals surface area contributed by atoms with E-state index < -0.39 is 11.9 Å². The molecule has 0 fully saturated rings. The summed E-state index contributed by atoms with van der Waals surface area (Å²) in [7, 11) is 0. The highest BCUT2D eigenvalue weighted by Gasteiger charge is 2.13. The average molecular weight is 282 g/mol. The van der Waals surface area contributed by atoms with E-state index in [4.69, 9.17) is 9.84 Å². The van der Waals surface area contributed by atoms with Crippen LogP contribution in [0.3, 0.4) is 0 Å². The molecule has 4 nitrogen and oxygen atoms in total. The third-order valence-electron chi connectivity index (χ3n) is 2.79. The standard InChI is InChI=1S/C17H14O4/c1-12-7-9-14(17(19)20)15(11-12)21-16(18)10-8-13-5-3-2-4-6-13/h2-11H,1H3,(H,19,20). The van der Waals surface area contributed by atoms with Gasteiger partial charge in [0.25, 0.3) is 0 Å². The molecule has 0 heterocycles. The van der Waals surface area contributed by atoms with Gasteiger partial charge in [0.1, 0.15) is 11.3 Å². The van der Waals surface area contributed by atoms with E-state index in [1.807, 2.05) is 30.3 Å². The summed E-state index contributed by atoms with van der Waals surface area (Å²) >= 11 is 0. The summed E-state index contributed by atoms with van der Waals surface area (Å²) in [6.07, 6.45) is 2.88. The summed E-state index contributed by atoms with van der Waals surface area (Å²) in [5.74, 6) is -1.71. The molecule has 0 aliphatic heterocycles. The first kappa shape index (κ1) is 14.5. The van der Waals surface area contributed by atoms with E-state index in [9.17, 15) is 9.59 Å². The molecule has 0 saturated carbocycles. The molecule has 1 N–H and O–H groups in total. The predicted octanol–water partition coefficient (Wildman–Crippen LogP) is 3.31. The quantitative estimate of drug-likeness (QED) is 0.531. The fourth-order valence-corrected chi connectivity index (χ4v) is 1.76. The summed E-state index contributed by atoms with van der Waals surface area (Å²) in [4.78, 5) is 22.9. The van der Waals surface area contributed by atoms with Crippen molar-refractivity contribution in [3.05, 3.63) is 71.3 Å². The summed E-state index contributed by atoms with van der Waals surface area (Å²) < 4.78 is 5.10. The smallest absolute Gasteiger partial charge is 0.339 e. The largest absolute Gasteiger partial charge is 0.478 e. The molecule has 0 amide bonds. The first-order valence-corrected chi connectivity index (χ1v) is 6.35. The molecule has 0 aliphatic rings. The fourth-order valence-electron chi connectivity index (χ4n) is 1.76. The molecule has 0 atom stereocenters. The Balaban J connectivity index is 2.15. The first-order chi connectivity index (χ1) is 10.1. The van der Waals surface area contributed by atoms with E-state index in [-0.39, 0.29) is 11.3 Å². The Hall–Kier alpha value is -2.88. The van der Waals surface area contributed by atoms with Gasteiger partial charge in [0, 0.05) is 6.08 Å². The molecule has 4 heteroatoms. The van der Waals surface area contributed by atoms with E-state index in [0.717, 1.165) is 11.1 Å². The molecule has 0 saturated heterocycles. The maximum Gasteiger partial charge on any atom is 0.339 e. The monoisotopic (exact) mass is 282 g/mol. The van der Waals surface area contributed by atoms with Crippen LogP contribution in [0.1, 0.15) is 21.5 Å². The summed E-state index contributed by atoms with van der Waals surface area (Å²) in [6, 6.07) is 13.9. The van der Waals surface area contributed by atoms with E-state index in [1.165, 1.54) is 18.2 Å². The Morgan fingerprint density at radius 1 is 1.10 bits per heavy atom. The lowest BCUT2D eigenvalue weighted by Crippen LogP contribution is -2.08. The van der Waals surface area contributed by atoms with Gasteiger partial charge in [-0.3, -0.25) is 0 Å². The van der Waals surface area contributed by atoms with Crippen LogP contribution in [-0.4, -0.2) is 17.0 Å². The van der Waals surface area contributed by atoms with Gasteiger partial charge >= 0.3 is 11.9 Å². The lowest BCUT2D eigenvalue weighted by atomic mass is 10.1. The second kappa shape index (κ2) is 6.52. The molecular formula is C17H14O4. The Morgan fingerprint density at radius 2 is 1.81 bits per heavy atom. The maximum atomic E-state index is 11.8. The van der Waals surface area contributed by atoms with Crippen molar-refractivity contribution in [1.29, 1.82) is 0 Å². The molecule has 0 aromatic heterocycles. The van der Waals surface area contributed by atoms with E-state index in [0.29, 0.717) is 0 Å².